The lowest BCUT2D eigenvalue weighted by molar-refractivity contribution is -0.112. The SMILES string of the molecule is COc1ccccc1CN1CCCC(C=O)C1. The van der Waals surface area contributed by atoms with E-state index in [0.717, 1.165) is 44.5 Å². The van der Waals surface area contributed by atoms with E-state index in [1.165, 1.54) is 5.56 Å². The average Bonchev–Trinajstić information content (AvgIpc) is 2.39. The Morgan fingerprint density at radius 2 is 2.29 bits per heavy atom. The Hall–Kier alpha value is -1.35. The Morgan fingerprint density at radius 3 is 3.06 bits per heavy atom. The summed E-state index contributed by atoms with van der Waals surface area (Å²) in [5, 5.41) is 0. The van der Waals surface area contributed by atoms with Crippen molar-refractivity contribution in [2.24, 2.45) is 5.92 Å². The molecule has 1 fully saturated rings. The van der Waals surface area contributed by atoms with Gasteiger partial charge in [-0.1, -0.05) is 18.2 Å². The minimum absolute atomic E-state index is 0.207. The van der Waals surface area contributed by atoms with Crippen molar-refractivity contribution >= 4 is 6.29 Å². The first-order chi connectivity index (χ1) is 8.33. The lowest BCUT2D eigenvalue weighted by Gasteiger charge is -2.30. The highest BCUT2D eigenvalue weighted by atomic mass is 16.5. The number of carbonyl (C=O) groups excluding carboxylic acids is 1. The molecule has 0 aliphatic carbocycles. The number of piperidine rings is 1. The first-order valence-corrected chi connectivity index (χ1v) is 6.13. The lowest BCUT2D eigenvalue weighted by Crippen LogP contribution is -2.35. The Bertz CT molecular complexity index is 378. The van der Waals surface area contributed by atoms with Crippen molar-refractivity contribution in [2.45, 2.75) is 19.4 Å². The van der Waals surface area contributed by atoms with Gasteiger partial charge in [0, 0.05) is 24.6 Å². The van der Waals surface area contributed by atoms with Gasteiger partial charge in [-0.2, -0.15) is 0 Å². The van der Waals surface area contributed by atoms with Gasteiger partial charge in [0.2, 0.25) is 0 Å². The van der Waals surface area contributed by atoms with E-state index in [0.29, 0.717) is 0 Å². The van der Waals surface area contributed by atoms with Crippen LogP contribution in [-0.4, -0.2) is 31.4 Å². The molecule has 0 bridgehead atoms. The standard InChI is InChI=1S/C14H19NO2/c1-17-14-7-3-2-6-13(14)10-15-8-4-5-12(9-15)11-16/h2-3,6-7,11-12H,4-5,8-10H2,1H3. The quantitative estimate of drug-likeness (QED) is 0.746. The zero-order valence-electron chi connectivity index (χ0n) is 10.3. The number of benzene rings is 1. The molecule has 1 aromatic carbocycles. The molecule has 1 aliphatic rings. The van der Waals surface area contributed by atoms with E-state index in [4.69, 9.17) is 4.74 Å². The number of methoxy groups -OCH3 is 1. The van der Waals surface area contributed by atoms with Gasteiger partial charge in [-0.25, -0.2) is 0 Å². The molecule has 1 atom stereocenters. The van der Waals surface area contributed by atoms with Crippen molar-refractivity contribution in [3.05, 3.63) is 29.8 Å². The number of ether oxygens (including phenoxy) is 1. The van der Waals surface area contributed by atoms with E-state index >= 15 is 0 Å². The fourth-order valence-electron chi connectivity index (χ4n) is 2.42. The topological polar surface area (TPSA) is 29.5 Å². The van der Waals surface area contributed by atoms with Crippen molar-refractivity contribution in [3.63, 3.8) is 0 Å². The normalized spacial score (nSPS) is 21.1. The molecule has 2 rings (SSSR count). The molecule has 0 saturated carbocycles. The molecule has 0 aromatic heterocycles. The molecular weight excluding hydrogens is 214 g/mol. The molecule has 1 unspecified atom stereocenters. The number of rotatable bonds is 4. The number of hydrogen-bond donors (Lipinski definition) is 0. The Balaban J connectivity index is 2.02. The zero-order chi connectivity index (χ0) is 12.1. The summed E-state index contributed by atoms with van der Waals surface area (Å²) in [7, 11) is 1.70. The van der Waals surface area contributed by atoms with Crippen LogP contribution in [0.15, 0.2) is 24.3 Å². The summed E-state index contributed by atoms with van der Waals surface area (Å²) in [4.78, 5) is 13.2. The van der Waals surface area contributed by atoms with Gasteiger partial charge < -0.3 is 9.53 Å². The fourth-order valence-corrected chi connectivity index (χ4v) is 2.42. The van der Waals surface area contributed by atoms with Crippen molar-refractivity contribution in [3.8, 4) is 5.75 Å². The van der Waals surface area contributed by atoms with Gasteiger partial charge in [0.1, 0.15) is 12.0 Å². The summed E-state index contributed by atoms with van der Waals surface area (Å²) in [6, 6.07) is 8.08. The van der Waals surface area contributed by atoms with Crippen LogP contribution in [0.5, 0.6) is 5.75 Å². The lowest BCUT2D eigenvalue weighted by atomic mass is 9.99. The van der Waals surface area contributed by atoms with Crippen molar-refractivity contribution in [1.82, 2.24) is 4.90 Å². The smallest absolute Gasteiger partial charge is 0.124 e. The zero-order valence-corrected chi connectivity index (χ0v) is 10.3. The largest absolute Gasteiger partial charge is 0.496 e. The van der Waals surface area contributed by atoms with Gasteiger partial charge in [-0.3, -0.25) is 4.90 Å². The van der Waals surface area contributed by atoms with E-state index in [9.17, 15) is 4.79 Å². The number of hydrogen-bond acceptors (Lipinski definition) is 3. The van der Waals surface area contributed by atoms with Gasteiger partial charge in [0.05, 0.1) is 7.11 Å². The second-order valence-corrected chi connectivity index (χ2v) is 4.59. The third kappa shape index (κ3) is 3.07. The van der Waals surface area contributed by atoms with Crippen molar-refractivity contribution in [1.29, 1.82) is 0 Å². The number of para-hydroxylation sites is 1. The molecule has 1 aromatic rings. The van der Waals surface area contributed by atoms with Crippen LogP contribution >= 0.6 is 0 Å². The molecule has 3 nitrogen and oxygen atoms in total. The summed E-state index contributed by atoms with van der Waals surface area (Å²) in [6.07, 6.45) is 3.23. The van der Waals surface area contributed by atoms with Crippen molar-refractivity contribution < 1.29 is 9.53 Å². The maximum atomic E-state index is 10.8. The van der Waals surface area contributed by atoms with Crippen LogP contribution in [0.4, 0.5) is 0 Å². The van der Waals surface area contributed by atoms with Crippen LogP contribution in [-0.2, 0) is 11.3 Å². The molecule has 17 heavy (non-hydrogen) atoms. The Kier molecular flexibility index (Phi) is 4.15. The van der Waals surface area contributed by atoms with Crippen LogP contribution in [0.3, 0.4) is 0 Å². The predicted octanol–water partition coefficient (Wildman–Crippen LogP) is 2.11. The molecule has 1 heterocycles. The molecule has 0 spiro atoms. The van der Waals surface area contributed by atoms with Crippen molar-refractivity contribution in [2.75, 3.05) is 20.2 Å². The monoisotopic (exact) mass is 233 g/mol. The molecule has 1 aliphatic heterocycles. The number of likely N-dealkylation sites (tertiary alicyclic amines) is 1. The third-order valence-electron chi connectivity index (χ3n) is 3.32. The van der Waals surface area contributed by atoms with Gasteiger partial charge in [-0.05, 0) is 25.5 Å². The molecule has 3 heteroatoms. The third-order valence-corrected chi connectivity index (χ3v) is 3.32. The van der Waals surface area contributed by atoms with Crippen LogP contribution < -0.4 is 4.74 Å². The molecule has 0 amide bonds. The first kappa shape index (κ1) is 12.1. The minimum atomic E-state index is 0.207. The van der Waals surface area contributed by atoms with Gasteiger partial charge in [0.25, 0.3) is 0 Å². The van der Waals surface area contributed by atoms with Crippen LogP contribution in [0.2, 0.25) is 0 Å². The highest BCUT2D eigenvalue weighted by Gasteiger charge is 2.19. The summed E-state index contributed by atoms with van der Waals surface area (Å²) in [6.45, 7) is 2.82. The second kappa shape index (κ2) is 5.82. The summed E-state index contributed by atoms with van der Waals surface area (Å²) < 4.78 is 5.34. The highest BCUT2D eigenvalue weighted by Crippen LogP contribution is 2.22. The molecule has 0 radical (unpaired) electrons. The fraction of sp³-hybridized carbons (Fsp3) is 0.500. The van der Waals surface area contributed by atoms with E-state index in [1.807, 2.05) is 18.2 Å². The Morgan fingerprint density at radius 1 is 1.47 bits per heavy atom. The molecule has 0 N–H and O–H groups in total. The first-order valence-electron chi connectivity index (χ1n) is 6.13. The number of nitrogens with zero attached hydrogens (tertiary/aromatic N) is 1. The summed E-state index contributed by atoms with van der Waals surface area (Å²) in [5.41, 5.74) is 1.20. The highest BCUT2D eigenvalue weighted by molar-refractivity contribution is 5.54. The van der Waals surface area contributed by atoms with E-state index in [-0.39, 0.29) is 5.92 Å². The average molecular weight is 233 g/mol. The summed E-state index contributed by atoms with van der Waals surface area (Å²) in [5.74, 6) is 1.14. The summed E-state index contributed by atoms with van der Waals surface area (Å²) >= 11 is 0. The Labute approximate surface area is 102 Å². The number of aldehydes is 1. The minimum Gasteiger partial charge on any atom is -0.496 e. The predicted molar refractivity (Wildman–Crippen MR) is 67.1 cm³/mol. The van der Waals surface area contributed by atoms with Gasteiger partial charge in [-0.15, -0.1) is 0 Å². The molecular formula is C14H19NO2. The maximum Gasteiger partial charge on any atom is 0.124 e. The van der Waals surface area contributed by atoms with E-state index < -0.39 is 0 Å². The van der Waals surface area contributed by atoms with Gasteiger partial charge >= 0.3 is 0 Å². The van der Waals surface area contributed by atoms with Gasteiger partial charge in [0.15, 0.2) is 0 Å². The maximum absolute atomic E-state index is 10.8. The number of carbonyl (C=O) groups is 1. The molecule has 1 saturated heterocycles. The second-order valence-electron chi connectivity index (χ2n) is 4.59. The van der Waals surface area contributed by atoms with Crippen LogP contribution in [0, 0.1) is 5.92 Å². The van der Waals surface area contributed by atoms with E-state index in [2.05, 4.69) is 11.0 Å². The van der Waals surface area contributed by atoms with Crippen LogP contribution in [0.1, 0.15) is 18.4 Å². The molecule has 92 valence electrons. The van der Waals surface area contributed by atoms with Crippen LogP contribution in [0.25, 0.3) is 0 Å². The van der Waals surface area contributed by atoms with E-state index in [1.54, 1.807) is 7.11 Å².